The van der Waals surface area contributed by atoms with E-state index >= 15 is 0 Å². The summed E-state index contributed by atoms with van der Waals surface area (Å²) in [7, 11) is 1.68. The minimum absolute atomic E-state index is 0.0507. The van der Waals surface area contributed by atoms with Gasteiger partial charge in [-0.2, -0.15) is 0 Å². The second-order valence-electron chi connectivity index (χ2n) is 7.78. The Kier molecular flexibility index (Phi) is 6.53. The van der Waals surface area contributed by atoms with Crippen molar-refractivity contribution in [2.75, 3.05) is 20.2 Å². The normalized spacial score (nSPS) is 15.9. The van der Waals surface area contributed by atoms with Gasteiger partial charge in [-0.3, -0.25) is 9.69 Å². The van der Waals surface area contributed by atoms with Crippen LogP contribution < -0.4 is 9.47 Å². The van der Waals surface area contributed by atoms with Crippen LogP contribution in [0, 0.1) is 5.92 Å². The van der Waals surface area contributed by atoms with Crippen LogP contribution in [0.2, 0.25) is 0 Å². The molecule has 1 fully saturated rings. The molecular weight excluding hydrogens is 390 g/mol. The number of methoxy groups -OCH3 is 1. The molecule has 0 spiro atoms. The first-order valence-electron chi connectivity index (χ1n) is 10.6. The van der Waals surface area contributed by atoms with Gasteiger partial charge in [-0.05, 0) is 61.8 Å². The summed E-state index contributed by atoms with van der Waals surface area (Å²) >= 11 is 0. The number of carbonyl (C=O) groups is 1. The summed E-state index contributed by atoms with van der Waals surface area (Å²) in [5, 5.41) is 9.40. The molecule has 1 aliphatic rings. The Morgan fingerprint density at radius 3 is 2.32 bits per heavy atom. The summed E-state index contributed by atoms with van der Waals surface area (Å²) in [6.07, 6.45) is 1.28. The summed E-state index contributed by atoms with van der Waals surface area (Å²) in [6.45, 7) is 1.42. The average Bonchev–Trinajstić information content (AvgIpc) is 2.81. The average molecular weight is 418 g/mol. The molecule has 0 bridgehead atoms. The van der Waals surface area contributed by atoms with Crippen LogP contribution >= 0.6 is 0 Å². The zero-order valence-electron chi connectivity index (χ0n) is 17.6. The van der Waals surface area contributed by atoms with Gasteiger partial charge in [0.1, 0.15) is 17.2 Å². The molecule has 0 amide bonds. The molecular formula is C26H27NO4. The Morgan fingerprint density at radius 1 is 0.935 bits per heavy atom. The number of hydrogen-bond acceptors (Lipinski definition) is 4. The second-order valence-corrected chi connectivity index (χ2v) is 7.78. The molecule has 160 valence electrons. The van der Waals surface area contributed by atoms with E-state index < -0.39 is 5.97 Å². The van der Waals surface area contributed by atoms with Crippen LogP contribution in [-0.2, 0) is 4.79 Å². The molecule has 5 heteroatoms. The van der Waals surface area contributed by atoms with E-state index in [2.05, 4.69) is 23.1 Å². The van der Waals surface area contributed by atoms with Crippen LogP contribution in [0.15, 0.2) is 78.9 Å². The second kappa shape index (κ2) is 9.67. The van der Waals surface area contributed by atoms with Crippen molar-refractivity contribution in [3.8, 4) is 17.2 Å². The number of nitrogens with zero attached hydrogens (tertiary/aromatic N) is 1. The molecule has 0 aromatic heterocycles. The van der Waals surface area contributed by atoms with Gasteiger partial charge in [-0.25, -0.2) is 0 Å². The van der Waals surface area contributed by atoms with Crippen LogP contribution in [0.3, 0.4) is 0 Å². The van der Waals surface area contributed by atoms with E-state index in [-0.39, 0.29) is 12.0 Å². The summed E-state index contributed by atoms with van der Waals surface area (Å²) in [4.78, 5) is 13.8. The lowest BCUT2D eigenvalue weighted by Crippen LogP contribution is -2.39. The Labute approximate surface area is 182 Å². The minimum atomic E-state index is -0.702. The molecule has 1 N–H and O–H groups in total. The number of ether oxygens (including phenoxy) is 2. The van der Waals surface area contributed by atoms with E-state index in [4.69, 9.17) is 9.47 Å². The lowest BCUT2D eigenvalue weighted by Gasteiger charge is -2.37. The first-order valence-corrected chi connectivity index (χ1v) is 10.6. The topological polar surface area (TPSA) is 59.0 Å². The summed E-state index contributed by atoms with van der Waals surface area (Å²) < 4.78 is 11.7. The lowest BCUT2D eigenvalue weighted by molar-refractivity contribution is -0.143. The van der Waals surface area contributed by atoms with Gasteiger partial charge in [-0.1, -0.05) is 48.5 Å². The van der Waals surface area contributed by atoms with Crippen molar-refractivity contribution in [1.82, 2.24) is 4.90 Å². The number of likely N-dealkylation sites (tertiary alicyclic amines) is 1. The molecule has 0 saturated carbocycles. The van der Waals surface area contributed by atoms with Crippen molar-refractivity contribution in [1.29, 1.82) is 0 Å². The molecule has 0 aliphatic carbocycles. The third-order valence-electron chi connectivity index (χ3n) is 5.83. The van der Waals surface area contributed by atoms with Crippen molar-refractivity contribution in [2.45, 2.75) is 18.9 Å². The maximum atomic E-state index is 11.4. The maximum Gasteiger partial charge on any atom is 0.306 e. The van der Waals surface area contributed by atoms with Gasteiger partial charge in [0, 0.05) is 5.56 Å². The Bertz CT molecular complexity index is 1010. The Hall–Kier alpha value is -3.31. The number of benzene rings is 3. The highest BCUT2D eigenvalue weighted by Gasteiger charge is 2.31. The molecule has 3 aromatic carbocycles. The van der Waals surface area contributed by atoms with Crippen LogP contribution in [0.4, 0.5) is 0 Å². The Balaban J connectivity index is 1.68. The third-order valence-corrected chi connectivity index (χ3v) is 5.83. The van der Waals surface area contributed by atoms with Gasteiger partial charge in [0.2, 0.25) is 0 Å². The number of carboxylic acid groups (broad SMARTS) is 1. The number of carboxylic acids is 1. The van der Waals surface area contributed by atoms with Gasteiger partial charge in [-0.15, -0.1) is 0 Å². The van der Waals surface area contributed by atoms with E-state index in [1.807, 2.05) is 60.7 Å². The van der Waals surface area contributed by atoms with Crippen LogP contribution in [0.1, 0.15) is 30.0 Å². The molecule has 3 aromatic rings. The van der Waals surface area contributed by atoms with Crippen molar-refractivity contribution in [2.24, 2.45) is 5.92 Å². The Morgan fingerprint density at radius 2 is 1.61 bits per heavy atom. The fraction of sp³-hybridized carbons (Fsp3) is 0.269. The lowest BCUT2D eigenvalue weighted by atomic mass is 9.91. The van der Waals surface area contributed by atoms with E-state index in [9.17, 15) is 9.90 Å². The molecule has 0 radical (unpaired) electrons. The van der Waals surface area contributed by atoms with Crippen molar-refractivity contribution >= 4 is 5.97 Å². The van der Waals surface area contributed by atoms with E-state index in [1.165, 1.54) is 0 Å². The van der Waals surface area contributed by atoms with E-state index in [0.717, 1.165) is 28.4 Å². The predicted octanol–water partition coefficient (Wildman–Crippen LogP) is 5.37. The van der Waals surface area contributed by atoms with Gasteiger partial charge in [0.15, 0.2) is 0 Å². The van der Waals surface area contributed by atoms with Gasteiger partial charge < -0.3 is 14.6 Å². The van der Waals surface area contributed by atoms with Crippen molar-refractivity contribution in [3.63, 3.8) is 0 Å². The van der Waals surface area contributed by atoms with Crippen LogP contribution in [0.5, 0.6) is 17.2 Å². The van der Waals surface area contributed by atoms with Gasteiger partial charge in [0.05, 0.1) is 19.1 Å². The maximum absolute atomic E-state index is 11.4. The highest BCUT2D eigenvalue weighted by Crippen LogP contribution is 2.38. The first-order chi connectivity index (χ1) is 15.2. The van der Waals surface area contributed by atoms with Gasteiger partial charge in [0.25, 0.3) is 0 Å². The van der Waals surface area contributed by atoms with Crippen LogP contribution in [-0.4, -0.2) is 36.2 Å². The molecule has 1 unspecified atom stereocenters. The fourth-order valence-electron chi connectivity index (χ4n) is 4.26. The number of piperidine rings is 1. The molecule has 5 nitrogen and oxygen atoms in total. The first kappa shape index (κ1) is 20.9. The van der Waals surface area contributed by atoms with E-state index in [0.29, 0.717) is 25.9 Å². The molecule has 1 atom stereocenters. The van der Waals surface area contributed by atoms with Gasteiger partial charge >= 0.3 is 5.97 Å². The SMILES string of the molecule is COc1ccccc1C(c1cccc(Oc2ccccc2)c1)N1CCC(C(=O)O)CC1. The summed E-state index contributed by atoms with van der Waals surface area (Å²) in [5.74, 6) is 1.40. The molecule has 1 heterocycles. The quantitative estimate of drug-likeness (QED) is 0.560. The summed E-state index contributed by atoms with van der Waals surface area (Å²) in [6, 6.07) is 25.8. The zero-order chi connectivity index (χ0) is 21.6. The number of rotatable bonds is 7. The monoisotopic (exact) mass is 417 g/mol. The highest BCUT2D eigenvalue weighted by atomic mass is 16.5. The molecule has 1 saturated heterocycles. The molecule has 1 aliphatic heterocycles. The summed E-state index contributed by atoms with van der Waals surface area (Å²) in [5.41, 5.74) is 2.15. The van der Waals surface area contributed by atoms with E-state index in [1.54, 1.807) is 7.11 Å². The smallest absolute Gasteiger partial charge is 0.306 e. The predicted molar refractivity (Wildman–Crippen MR) is 120 cm³/mol. The highest BCUT2D eigenvalue weighted by molar-refractivity contribution is 5.70. The van der Waals surface area contributed by atoms with Crippen molar-refractivity contribution in [3.05, 3.63) is 90.0 Å². The third kappa shape index (κ3) is 4.89. The largest absolute Gasteiger partial charge is 0.496 e. The van der Waals surface area contributed by atoms with Crippen molar-refractivity contribution < 1.29 is 19.4 Å². The molecule has 4 rings (SSSR count). The zero-order valence-corrected chi connectivity index (χ0v) is 17.6. The number of aliphatic carboxylic acids is 1. The molecule has 31 heavy (non-hydrogen) atoms. The number of para-hydroxylation sites is 2. The fourth-order valence-corrected chi connectivity index (χ4v) is 4.26. The standard InChI is InChI=1S/C26H27NO4/c1-30-24-13-6-5-12-23(24)25(27-16-14-19(15-17-27)26(28)29)20-8-7-11-22(18-20)31-21-9-3-2-4-10-21/h2-13,18-19,25H,14-17H2,1H3,(H,28,29). The van der Waals surface area contributed by atoms with Crippen LogP contribution in [0.25, 0.3) is 0 Å². The number of hydrogen-bond donors (Lipinski definition) is 1. The minimum Gasteiger partial charge on any atom is -0.496 e.